The van der Waals surface area contributed by atoms with E-state index in [2.05, 4.69) is 15.3 Å². The van der Waals surface area contributed by atoms with Crippen LogP contribution in [0.15, 0.2) is 29.6 Å². The molecule has 1 saturated heterocycles. The second-order valence-corrected chi connectivity index (χ2v) is 6.01. The van der Waals surface area contributed by atoms with Crippen LogP contribution in [0.1, 0.15) is 16.1 Å². The normalized spacial score (nSPS) is 15.3. The molecular weight excluding hydrogens is 284 g/mol. The highest BCUT2D eigenvalue weighted by molar-refractivity contribution is 7.13. The molecule has 1 amide bonds. The Morgan fingerprint density at radius 1 is 1.19 bits per heavy atom. The maximum atomic E-state index is 12.4. The highest BCUT2D eigenvalue weighted by Crippen LogP contribution is 2.22. The molecule has 0 saturated carbocycles. The number of carbonyl (C=O) groups is 1. The number of carbonyl (C=O) groups excluding carboxylic acids is 1. The molecule has 0 atom stereocenters. The van der Waals surface area contributed by atoms with Crippen LogP contribution in [0.5, 0.6) is 0 Å². The zero-order chi connectivity index (χ0) is 14.8. The summed E-state index contributed by atoms with van der Waals surface area (Å²) in [5.41, 5.74) is 8.08. The first kappa shape index (κ1) is 13.9. The maximum Gasteiger partial charge on any atom is 0.253 e. The Kier molecular flexibility index (Phi) is 3.79. The molecule has 1 aromatic heterocycles. The molecule has 0 unspecified atom stereocenters. The van der Waals surface area contributed by atoms with E-state index in [0.717, 1.165) is 37.0 Å². The second kappa shape index (κ2) is 5.73. The fourth-order valence-electron chi connectivity index (χ4n) is 2.40. The summed E-state index contributed by atoms with van der Waals surface area (Å²) < 4.78 is 0. The summed E-state index contributed by atoms with van der Waals surface area (Å²) in [6.07, 6.45) is 0. The quantitative estimate of drug-likeness (QED) is 0.862. The highest BCUT2D eigenvalue weighted by atomic mass is 32.1. The van der Waals surface area contributed by atoms with Gasteiger partial charge in [0.2, 0.25) is 0 Å². The average molecular weight is 302 g/mol. The van der Waals surface area contributed by atoms with E-state index in [1.54, 1.807) is 35.6 Å². The average Bonchev–Trinajstić information content (AvgIpc) is 2.94. The lowest BCUT2D eigenvalue weighted by atomic mass is 10.1. The van der Waals surface area contributed by atoms with Crippen molar-refractivity contribution >= 4 is 28.1 Å². The highest BCUT2D eigenvalue weighted by Gasteiger charge is 2.23. The Balaban J connectivity index is 1.63. The van der Waals surface area contributed by atoms with Crippen molar-refractivity contribution in [3.8, 4) is 0 Å². The molecule has 5 nitrogen and oxygen atoms in total. The van der Waals surface area contributed by atoms with Gasteiger partial charge in [0.05, 0.1) is 5.69 Å². The Hall–Kier alpha value is -2.08. The molecule has 1 fully saturated rings. The van der Waals surface area contributed by atoms with E-state index in [1.165, 1.54) is 0 Å². The summed E-state index contributed by atoms with van der Waals surface area (Å²) in [6, 6.07) is 7.10. The van der Waals surface area contributed by atoms with Crippen molar-refractivity contribution in [3.63, 3.8) is 0 Å². The number of nitrogen functional groups attached to an aromatic ring is 1. The number of nitrogens with two attached hydrogens (primary N) is 1. The Morgan fingerprint density at radius 3 is 2.43 bits per heavy atom. The number of piperazine rings is 1. The molecule has 21 heavy (non-hydrogen) atoms. The fraction of sp³-hybridized carbons (Fsp3) is 0.333. The van der Waals surface area contributed by atoms with Gasteiger partial charge in [-0.15, -0.1) is 11.3 Å². The topological polar surface area (TPSA) is 62.5 Å². The van der Waals surface area contributed by atoms with Gasteiger partial charge in [-0.25, -0.2) is 4.98 Å². The van der Waals surface area contributed by atoms with Gasteiger partial charge in [0.25, 0.3) is 5.91 Å². The van der Waals surface area contributed by atoms with Gasteiger partial charge in [0.1, 0.15) is 0 Å². The zero-order valence-electron chi connectivity index (χ0n) is 12.0. The van der Waals surface area contributed by atoms with Crippen LogP contribution in [0.4, 0.5) is 10.8 Å². The zero-order valence-corrected chi connectivity index (χ0v) is 12.8. The summed E-state index contributed by atoms with van der Waals surface area (Å²) in [7, 11) is 0. The van der Waals surface area contributed by atoms with Gasteiger partial charge < -0.3 is 15.5 Å². The van der Waals surface area contributed by atoms with Crippen LogP contribution in [-0.2, 0) is 0 Å². The summed E-state index contributed by atoms with van der Waals surface area (Å²) in [5, 5.41) is 3.11. The van der Waals surface area contributed by atoms with E-state index < -0.39 is 0 Å². The largest absolute Gasteiger partial charge is 0.399 e. The predicted octanol–water partition coefficient (Wildman–Crippen LogP) is 2.00. The summed E-state index contributed by atoms with van der Waals surface area (Å²) >= 11 is 1.66. The van der Waals surface area contributed by atoms with Crippen molar-refractivity contribution < 1.29 is 4.79 Å². The van der Waals surface area contributed by atoms with E-state index >= 15 is 0 Å². The van der Waals surface area contributed by atoms with Gasteiger partial charge in [-0.2, -0.15) is 0 Å². The molecule has 110 valence electrons. The molecule has 1 aromatic carbocycles. The van der Waals surface area contributed by atoms with Crippen molar-refractivity contribution in [2.45, 2.75) is 6.92 Å². The molecule has 2 N–H and O–H groups in total. The lowest BCUT2D eigenvalue weighted by molar-refractivity contribution is 0.0747. The third-order valence-electron chi connectivity index (χ3n) is 3.60. The van der Waals surface area contributed by atoms with Crippen LogP contribution < -0.4 is 10.6 Å². The minimum Gasteiger partial charge on any atom is -0.399 e. The van der Waals surface area contributed by atoms with Gasteiger partial charge in [-0.05, 0) is 31.2 Å². The maximum absolute atomic E-state index is 12.4. The predicted molar refractivity (Wildman–Crippen MR) is 85.8 cm³/mol. The van der Waals surface area contributed by atoms with E-state index in [0.29, 0.717) is 11.3 Å². The van der Waals surface area contributed by atoms with Crippen molar-refractivity contribution in [2.24, 2.45) is 0 Å². The van der Waals surface area contributed by atoms with Crippen LogP contribution in [0.3, 0.4) is 0 Å². The number of aryl methyl sites for hydroxylation is 1. The monoisotopic (exact) mass is 302 g/mol. The van der Waals surface area contributed by atoms with Crippen molar-refractivity contribution in [1.82, 2.24) is 9.88 Å². The molecule has 0 aliphatic carbocycles. The van der Waals surface area contributed by atoms with Crippen molar-refractivity contribution in [1.29, 1.82) is 0 Å². The van der Waals surface area contributed by atoms with E-state index in [4.69, 9.17) is 5.73 Å². The SMILES string of the molecule is Cc1csc(N2CCN(C(=O)c3ccc(N)cc3)CC2)n1. The smallest absolute Gasteiger partial charge is 0.253 e. The molecule has 3 rings (SSSR count). The summed E-state index contributed by atoms with van der Waals surface area (Å²) in [4.78, 5) is 21.0. The van der Waals surface area contributed by atoms with E-state index in [-0.39, 0.29) is 5.91 Å². The molecule has 6 heteroatoms. The minimum atomic E-state index is 0.0740. The third kappa shape index (κ3) is 3.00. The first-order valence-corrected chi connectivity index (χ1v) is 7.83. The minimum absolute atomic E-state index is 0.0740. The van der Waals surface area contributed by atoms with Gasteiger partial charge in [-0.1, -0.05) is 0 Å². The van der Waals surface area contributed by atoms with Gasteiger partial charge in [0, 0.05) is 42.8 Å². The van der Waals surface area contributed by atoms with Crippen LogP contribution >= 0.6 is 11.3 Å². The number of nitrogens with zero attached hydrogens (tertiary/aromatic N) is 3. The lowest BCUT2D eigenvalue weighted by Gasteiger charge is -2.34. The van der Waals surface area contributed by atoms with Crippen LogP contribution in [0.2, 0.25) is 0 Å². The molecular formula is C15H18N4OS. The van der Waals surface area contributed by atoms with E-state index in [9.17, 15) is 4.79 Å². The molecule has 0 bridgehead atoms. The first-order chi connectivity index (χ1) is 10.1. The number of thiazole rings is 1. The molecule has 0 radical (unpaired) electrons. The number of benzene rings is 1. The number of amides is 1. The fourth-order valence-corrected chi connectivity index (χ4v) is 3.25. The van der Waals surface area contributed by atoms with Crippen LogP contribution in [0, 0.1) is 6.92 Å². The van der Waals surface area contributed by atoms with Crippen molar-refractivity contribution in [2.75, 3.05) is 36.8 Å². The van der Waals surface area contributed by atoms with Gasteiger partial charge >= 0.3 is 0 Å². The van der Waals surface area contributed by atoms with Gasteiger partial charge in [0.15, 0.2) is 5.13 Å². The first-order valence-electron chi connectivity index (χ1n) is 6.95. The number of anilines is 2. The van der Waals surface area contributed by atoms with Gasteiger partial charge in [-0.3, -0.25) is 4.79 Å². The second-order valence-electron chi connectivity index (χ2n) is 5.17. The lowest BCUT2D eigenvalue weighted by Crippen LogP contribution is -2.48. The third-order valence-corrected chi connectivity index (χ3v) is 4.62. The molecule has 0 spiro atoms. The number of hydrogen-bond acceptors (Lipinski definition) is 5. The number of aromatic nitrogens is 1. The molecule has 2 aromatic rings. The number of rotatable bonds is 2. The van der Waals surface area contributed by atoms with Crippen molar-refractivity contribution in [3.05, 3.63) is 40.9 Å². The number of hydrogen-bond donors (Lipinski definition) is 1. The molecule has 1 aliphatic heterocycles. The Labute approximate surface area is 128 Å². The molecule has 2 heterocycles. The van der Waals surface area contributed by atoms with Crippen LogP contribution in [0.25, 0.3) is 0 Å². The van der Waals surface area contributed by atoms with Crippen LogP contribution in [-0.4, -0.2) is 42.0 Å². The Bertz CT molecular complexity index is 629. The summed E-state index contributed by atoms with van der Waals surface area (Å²) in [5.74, 6) is 0.0740. The molecule has 1 aliphatic rings. The summed E-state index contributed by atoms with van der Waals surface area (Å²) in [6.45, 7) is 5.10. The standard InChI is InChI=1S/C15H18N4OS/c1-11-10-21-15(17-11)19-8-6-18(7-9-19)14(20)12-2-4-13(16)5-3-12/h2-5,10H,6-9,16H2,1H3. The van der Waals surface area contributed by atoms with E-state index in [1.807, 2.05) is 11.8 Å². The Morgan fingerprint density at radius 2 is 1.86 bits per heavy atom.